The van der Waals surface area contributed by atoms with E-state index in [1.54, 1.807) is 0 Å². The maximum absolute atomic E-state index is 13.6. The molecule has 1 aromatic heterocycles. The highest BCUT2D eigenvalue weighted by molar-refractivity contribution is 5.91. The lowest BCUT2D eigenvalue weighted by molar-refractivity contribution is -0.127. The normalized spacial score (nSPS) is 26.8. The first-order chi connectivity index (χ1) is 18.0. The molecule has 4 fully saturated rings. The Bertz CT molecular complexity index is 1240. The number of H-pyrrole nitrogens is 1. The van der Waals surface area contributed by atoms with Gasteiger partial charge >= 0.3 is 6.09 Å². The van der Waals surface area contributed by atoms with Crippen LogP contribution in [0.2, 0.25) is 0 Å². The van der Waals surface area contributed by atoms with Crippen LogP contribution in [-0.4, -0.2) is 40.6 Å². The fourth-order valence-corrected chi connectivity index (χ4v) is 7.45. The number of carbonyl (C=O) groups excluding carboxylic acids is 2. The lowest BCUT2D eigenvalue weighted by Crippen LogP contribution is -2.60. The monoisotopic (exact) mass is 517 g/mol. The Hall–Kier alpha value is -3.32. The molecule has 1 atom stereocenters. The van der Waals surface area contributed by atoms with Gasteiger partial charge in [0.25, 0.3) is 0 Å². The average molecular weight is 518 g/mol. The number of ether oxygens (including phenoxy) is 1. The van der Waals surface area contributed by atoms with Crippen molar-refractivity contribution in [3.63, 3.8) is 0 Å². The lowest BCUT2D eigenvalue weighted by atomic mass is 9.55. The van der Waals surface area contributed by atoms with E-state index >= 15 is 0 Å². The van der Waals surface area contributed by atoms with Crippen LogP contribution in [-0.2, 0) is 22.4 Å². The minimum atomic E-state index is -1.15. The predicted octanol–water partition coefficient (Wildman–Crippen LogP) is 4.55. The third-order valence-corrected chi connectivity index (χ3v) is 9.02. The zero-order chi connectivity index (χ0) is 25.4. The van der Waals surface area contributed by atoms with Gasteiger partial charge in [-0.1, -0.05) is 48.5 Å². The molecule has 4 aliphatic rings. The number of fused-ring (bicyclic) bond motifs is 1. The first-order valence-corrected chi connectivity index (χ1v) is 13.8. The molecular weight excluding hydrogens is 478 g/mol. The van der Waals surface area contributed by atoms with E-state index in [4.69, 9.17) is 4.74 Å². The van der Waals surface area contributed by atoms with Gasteiger partial charge in [-0.15, -0.1) is 0 Å². The molecule has 1 unspecified atom stereocenters. The largest absolute Gasteiger partial charge is 0.446 e. The molecule has 7 nitrogen and oxygen atoms in total. The Morgan fingerprint density at radius 2 is 1.61 bits per heavy atom. The Kier molecular flexibility index (Phi) is 7.48. The molecule has 7 heteroatoms. The number of hydrogen-bond donors (Lipinski definition) is 3. The summed E-state index contributed by atoms with van der Waals surface area (Å²) >= 11 is 0. The van der Waals surface area contributed by atoms with Gasteiger partial charge in [-0.2, -0.15) is 0 Å². The minimum Gasteiger partial charge on any atom is -0.446 e. The number of para-hydroxylation sites is 1. The Morgan fingerprint density at radius 3 is 2.32 bits per heavy atom. The van der Waals surface area contributed by atoms with Crippen LogP contribution in [0.5, 0.6) is 0 Å². The van der Waals surface area contributed by atoms with Crippen LogP contribution in [0.25, 0.3) is 10.9 Å². The summed E-state index contributed by atoms with van der Waals surface area (Å²) in [4.78, 5) is 30.2. The molecule has 1 heterocycles. The molecule has 202 valence electrons. The summed E-state index contributed by atoms with van der Waals surface area (Å²) in [7, 11) is 0. The van der Waals surface area contributed by atoms with Gasteiger partial charge in [-0.3, -0.25) is 4.79 Å². The van der Waals surface area contributed by atoms with E-state index in [1.807, 2.05) is 55.6 Å². The highest BCUT2D eigenvalue weighted by Gasteiger charge is 2.50. The van der Waals surface area contributed by atoms with Crippen LogP contribution in [0.1, 0.15) is 50.2 Å². The van der Waals surface area contributed by atoms with Gasteiger partial charge in [0.15, 0.2) is 0 Å². The summed E-state index contributed by atoms with van der Waals surface area (Å²) in [6.07, 6.45) is 8.61. The smallest absolute Gasteiger partial charge is 0.408 e. The molecule has 0 radical (unpaired) electrons. The maximum atomic E-state index is 13.6. The van der Waals surface area contributed by atoms with Gasteiger partial charge in [0.05, 0.1) is 0 Å². The van der Waals surface area contributed by atoms with Crippen molar-refractivity contribution >= 4 is 22.9 Å². The summed E-state index contributed by atoms with van der Waals surface area (Å²) in [6, 6.07) is 18.1. The molecule has 4 bridgehead atoms. The molecule has 2 aromatic carbocycles. The molecule has 4 aliphatic carbocycles. The van der Waals surface area contributed by atoms with Gasteiger partial charge in [-0.25, -0.2) is 4.79 Å². The first kappa shape index (κ1) is 26.3. The molecule has 5 N–H and O–H groups in total. The highest BCUT2D eigenvalue weighted by Crippen LogP contribution is 2.54. The average Bonchev–Trinajstić information content (AvgIpc) is 3.29. The summed E-state index contributed by atoms with van der Waals surface area (Å²) < 4.78 is 6.12. The van der Waals surface area contributed by atoms with Crippen LogP contribution < -0.4 is 10.6 Å². The summed E-state index contributed by atoms with van der Waals surface area (Å²) in [6.45, 7) is 2.31. The van der Waals surface area contributed by atoms with Crippen molar-refractivity contribution in [3.8, 4) is 0 Å². The molecule has 0 aliphatic heterocycles. The molecule has 2 amide bonds. The predicted molar refractivity (Wildman–Crippen MR) is 148 cm³/mol. The number of nitrogens with one attached hydrogen (secondary N) is 3. The zero-order valence-electron chi connectivity index (χ0n) is 22.0. The zero-order valence-corrected chi connectivity index (χ0v) is 22.0. The molecule has 3 aromatic rings. The maximum Gasteiger partial charge on any atom is 0.408 e. The topological polar surface area (TPSA) is 115 Å². The quantitative estimate of drug-likeness (QED) is 0.407. The number of amides is 2. The van der Waals surface area contributed by atoms with Crippen LogP contribution in [0, 0.1) is 23.7 Å². The summed E-state index contributed by atoms with van der Waals surface area (Å²) in [5, 5.41) is 7.15. The second-order valence-electron chi connectivity index (χ2n) is 11.8. The molecule has 0 saturated heterocycles. The van der Waals surface area contributed by atoms with E-state index in [0.717, 1.165) is 40.3 Å². The van der Waals surface area contributed by atoms with Crippen molar-refractivity contribution in [3.05, 3.63) is 71.9 Å². The number of hydrogen-bond acceptors (Lipinski definition) is 3. The van der Waals surface area contributed by atoms with Crippen LogP contribution in [0.15, 0.2) is 60.8 Å². The van der Waals surface area contributed by atoms with Crippen molar-refractivity contribution in [1.82, 2.24) is 15.6 Å². The third kappa shape index (κ3) is 5.30. The van der Waals surface area contributed by atoms with Gasteiger partial charge in [0.2, 0.25) is 5.91 Å². The summed E-state index contributed by atoms with van der Waals surface area (Å²) in [5.41, 5.74) is 2.02. The van der Waals surface area contributed by atoms with Crippen molar-refractivity contribution in [2.24, 2.45) is 23.7 Å². The van der Waals surface area contributed by atoms with Crippen LogP contribution in [0.4, 0.5) is 4.79 Å². The van der Waals surface area contributed by atoms with E-state index in [1.165, 1.54) is 32.1 Å². The van der Waals surface area contributed by atoms with Crippen LogP contribution in [0.3, 0.4) is 0 Å². The van der Waals surface area contributed by atoms with Gasteiger partial charge in [0, 0.05) is 30.1 Å². The van der Waals surface area contributed by atoms with Crippen molar-refractivity contribution in [2.45, 2.75) is 63.5 Å². The van der Waals surface area contributed by atoms with Crippen molar-refractivity contribution in [1.29, 1.82) is 0 Å². The molecule has 38 heavy (non-hydrogen) atoms. The number of rotatable bonds is 8. The standard InChI is InChI=1S/C31H37N3O3.H2O/c1-31(18-25-19-33-27-10-6-5-9-26(25)27,29(35)32-12-11-20-7-3-2-4-8-20)34-30(36)37-28-23-14-21-13-22(16-23)17-24(28)15-21;/h2-10,19,21-24,28,33H,11-18H2,1H3,(H,32,35)(H,34,36);1H2. The lowest BCUT2D eigenvalue weighted by Gasteiger charge is -2.53. The number of alkyl carbamates (subject to hydrolysis) is 1. The Balaban J connectivity index is 0.00000294. The van der Waals surface area contributed by atoms with Gasteiger partial charge in [-0.05, 0) is 86.3 Å². The van der Waals surface area contributed by atoms with Gasteiger partial charge < -0.3 is 25.8 Å². The number of aromatic nitrogens is 1. The van der Waals surface area contributed by atoms with E-state index in [0.29, 0.717) is 24.8 Å². The third-order valence-electron chi connectivity index (χ3n) is 9.02. The van der Waals surface area contributed by atoms with Crippen molar-refractivity contribution < 1.29 is 19.8 Å². The molecule has 0 spiro atoms. The van der Waals surface area contributed by atoms with E-state index in [-0.39, 0.29) is 17.5 Å². The van der Waals surface area contributed by atoms with E-state index < -0.39 is 11.6 Å². The Morgan fingerprint density at radius 1 is 0.947 bits per heavy atom. The highest BCUT2D eigenvalue weighted by atomic mass is 16.6. The first-order valence-electron chi connectivity index (χ1n) is 13.8. The Labute approximate surface area is 224 Å². The second-order valence-corrected chi connectivity index (χ2v) is 11.8. The fourth-order valence-electron chi connectivity index (χ4n) is 7.45. The SMILES string of the molecule is CC(Cc1c[nH]c2ccccc12)(NC(=O)OC1C2CC3CC(C2)CC1C3)C(=O)NCCc1ccccc1.O. The minimum absolute atomic E-state index is 0. The van der Waals surface area contributed by atoms with E-state index in [2.05, 4.69) is 27.8 Å². The molecule has 4 saturated carbocycles. The number of carbonyl (C=O) groups is 2. The fraction of sp³-hybridized carbons (Fsp3) is 0.484. The van der Waals surface area contributed by atoms with Crippen molar-refractivity contribution in [2.75, 3.05) is 6.54 Å². The summed E-state index contributed by atoms with van der Waals surface area (Å²) in [5.74, 6) is 2.37. The van der Waals surface area contributed by atoms with Gasteiger partial charge in [0.1, 0.15) is 11.6 Å². The second kappa shape index (κ2) is 10.8. The number of benzene rings is 2. The number of aromatic amines is 1. The molecular formula is C31H39N3O4. The molecule has 7 rings (SSSR count). The van der Waals surface area contributed by atoms with E-state index in [9.17, 15) is 9.59 Å². The van der Waals surface area contributed by atoms with Crippen LogP contribution >= 0.6 is 0 Å².